The van der Waals surface area contributed by atoms with Gasteiger partial charge in [-0.3, -0.25) is 4.57 Å². The van der Waals surface area contributed by atoms with Crippen LogP contribution < -0.4 is 10.5 Å². The van der Waals surface area contributed by atoms with Gasteiger partial charge in [-0.05, 0) is 44.9 Å². The van der Waals surface area contributed by atoms with Crippen LogP contribution in [0.15, 0.2) is 24.3 Å². The van der Waals surface area contributed by atoms with E-state index in [2.05, 4.69) is 6.07 Å². The maximum Gasteiger partial charge on any atom is 0.224 e. The number of nitrogens with two attached hydrogens (primary N) is 1. The van der Waals surface area contributed by atoms with Gasteiger partial charge in [0.25, 0.3) is 0 Å². The number of benzene rings is 1. The van der Waals surface area contributed by atoms with Crippen molar-refractivity contribution in [3.05, 3.63) is 41.1 Å². The van der Waals surface area contributed by atoms with Crippen LogP contribution in [0.25, 0.3) is 0 Å². The molecule has 4 heteroatoms. The first kappa shape index (κ1) is 14.0. The van der Waals surface area contributed by atoms with Gasteiger partial charge >= 0.3 is 0 Å². The number of nitrogen functional groups attached to an aromatic ring is 1. The van der Waals surface area contributed by atoms with Crippen LogP contribution in [0.3, 0.4) is 0 Å². The van der Waals surface area contributed by atoms with Crippen molar-refractivity contribution in [2.75, 3.05) is 5.73 Å². The van der Waals surface area contributed by atoms with Crippen LogP contribution in [-0.4, -0.2) is 4.57 Å². The zero-order valence-electron chi connectivity index (χ0n) is 12.3. The fraction of sp³-hybridized carbons (Fsp3) is 0.312. The van der Waals surface area contributed by atoms with Crippen LogP contribution in [-0.2, 0) is 0 Å². The van der Waals surface area contributed by atoms with E-state index in [1.807, 2.05) is 50.5 Å². The Morgan fingerprint density at radius 2 is 1.95 bits per heavy atom. The molecule has 2 N–H and O–H groups in total. The van der Waals surface area contributed by atoms with Gasteiger partial charge in [0.2, 0.25) is 5.88 Å². The molecule has 0 amide bonds. The molecular formula is C16H19N3O. The summed E-state index contributed by atoms with van der Waals surface area (Å²) in [5, 5.41) is 9.19. The predicted molar refractivity (Wildman–Crippen MR) is 79.9 cm³/mol. The summed E-state index contributed by atoms with van der Waals surface area (Å²) in [7, 11) is 0. The van der Waals surface area contributed by atoms with Gasteiger partial charge in [0, 0.05) is 12.1 Å². The summed E-state index contributed by atoms with van der Waals surface area (Å²) in [6, 6.07) is 9.92. The van der Waals surface area contributed by atoms with Gasteiger partial charge in [-0.1, -0.05) is 12.1 Å². The SMILES string of the molecule is Cc1ccc(C)c(Oc2c(N)cc(C#N)n2C(C)C)c1. The number of hydrogen-bond acceptors (Lipinski definition) is 3. The summed E-state index contributed by atoms with van der Waals surface area (Å²) in [6.07, 6.45) is 0. The summed E-state index contributed by atoms with van der Waals surface area (Å²) in [5.41, 5.74) is 9.14. The molecule has 2 rings (SSSR count). The van der Waals surface area contributed by atoms with Crippen molar-refractivity contribution in [2.45, 2.75) is 33.7 Å². The Kier molecular flexibility index (Phi) is 3.71. The monoisotopic (exact) mass is 269 g/mol. The number of aromatic nitrogens is 1. The van der Waals surface area contributed by atoms with E-state index in [-0.39, 0.29) is 6.04 Å². The standard InChI is InChI=1S/C16H19N3O/c1-10(2)19-13(9-17)8-14(18)16(19)20-15-7-11(3)5-6-12(15)4/h5-8,10H,18H2,1-4H3. The van der Waals surface area contributed by atoms with E-state index in [9.17, 15) is 5.26 Å². The molecular weight excluding hydrogens is 250 g/mol. The number of ether oxygens (including phenoxy) is 1. The Balaban J connectivity index is 2.51. The number of hydrogen-bond donors (Lipinski definition) is 1. The Labute approximate surface area is 119 Å². The van der Waals surface area contributed by atoms with Gasteiger partial charge in [-0.25, -0.2) is 0 Å². The molecule has 1 aromatic carbocycles. The summed E-state index contributed by atoms with van der Waals surface area (Å²) >= 11 is 0. The molecule has 0 fully saturated rings. The summed E-state index contributed by atoms with van der Waals surface area (Å²) in [4.78, 5) is 0. The lowest BCUT2D eigenvalue weighted by molar-refractivity contribution is 0.410. The number of nitriles is 1. The first-order chi connectivity index (χ1) is 9.43. The van der Waals surface area contributed by atoms with E-state index in [1.54, 1.807) is 6.07 Å². The molecule has 0 aliphatic heterocycles. The molecule has 0 atom stereocenters. The van der Waals surface area contributed by atoms with Gasteiger partial charge in [0.15, 0.2) is 0 Å². The molecule has 0 radical (unpaired) electrons. The highest BCUT2D eigenvalue weighted by Crippen LogP contribution is 2.35. The Morgan fingerprint density at radius 3 is 2.55 bits per heavy atom. The maximum absolute atomic E-state index is 9.19. The second kappa shape index (κ2) is 5.30. The zero-order valence-corrected chi connectivity index (χ0v) is 12.3. The smallest absolute Gasteiger partial charge is 0.224 e. The molecule has 20 heavy (non-hydrogen) atoms. The molecule has 2 aromatic rings. The van der Waals surface area contributed by atoms with Gasteiger partial charge in [-0.2, -0.15) is 5.26 Å². The first-order valence-electron chi connectivity index (χ1n) is 6.60. The second-order valence-corrected chi connectivity index (χ2v) is 5.24. The zero-order chi connectivity index (χ0) is 14.9. The Morgan fingerprint density at radius 1 is 1.25 bits per heavy atom. The van der Waals surface area contributed by atoms with Gasteiger partial charge in [-0.15, -0.1) is 0 Å². The topological polar surface area (TPSA) is 64.0 Å². The van der Waals surface area contributed by atoms with Crippen molar-refractivity contribution >= 4 is 5.69 Å². The van der Waals surface area contributed by atoms with E-state index >= 15 is 0 Å². The predicted octanol–water partition coefficient (Wildman–Crippen LogP) is 3.93. The lowest BCUT2D eigenvalue weighted by Gasteiger charge is -2.16. The first-order valence-corrected chi connectivity index (χ1v) is 6.60. The van der Waals surface area contributed by atoms with Crippen molar-refractivity contribution in [1.29, 1.82) is 5.26 Å². The third-order valence-corrected chi connectivity index (χ3v) is 3.20. The molecule has 0 saturated heterocycles. The highest BCUT2D eigenvalue weighted by Gasteiger charge is 2.18. The van der Waals surface area contributed by atoms with Crippen LogP contribution >= 0.6 is 0 Å². The minimum Gasteiger partial charge on any atom is -0.438 e. The molecule has 0 bridgehead atoms. The van der Waals surface area contributed by atoms with E-state index < -0.39 is 0 Å². The normalized spacial score (nSPS) is 10.6. The number of nitrogens with zero attached hydrogens (tertiary/aromatic N) is 2. The largest absolute Gasteiger partial charge is 0.438 e. The van der Waals surface area contributed by atoms with Gasteiger partial charge in [0.1, 0.15) is 17.5 Å². The lowest BCUT2D eigenvalue weighted by atomic mass is 10.1. The van der Waals surface area contributed by atoms with Crippen molar-refractivity contribution in [3.8, 4) is 17.7 Å². The van der Waals surface area contributed by atoms with Gasteiger partial charge in [0.05, 0.1) is 5.69 Å². The van der Waals surface area contributed by atoms with Crippen LogP contribution in [0.5, 0.6) is 11.6 Å². The quantitative estimate of drug-likeness (QED) is 0.918. The van der Waals surface area contributed by atoms with E-state index in [1.165, 1.54) is 0 Å². The minimum absolute atomic E-state index is 0.0991. The Bertz CT molecular complexity index is 678. The maximum atomic E-state index is 9.19. The average molecular weight is 269 g/mol. The molecule has 0 unspecified atom stereocenters. The average Bonchev–Trinajstić information content (AvgIpc) is 2.70. The number of aryl methyl sites for hydroxylation is 2. The van der Waals surface area contributed by atoms with Crippen LogP contribution in [0.2, 0.25) is 0 Å². The van der Waals surface area contributed by atoms with E-state index in [4.69, 9.17) is 10.5 Å². The molecule has 104 valence electrons. The summed E-state index contributed by atoms with van der Waals surface area (Å²) in [6.45, 7) is 7.99. The van der Waals surface area contributed by atoms with E-state index in [0.29, 0.717) is 17.3 Å². The molecule has 0 spiro atoms. The molecule has 0 aliphatic rings. The summed E-state index contributed by atoms with van der Waals surface area (Å²) in [5.74, 6) is 1.30. The third kappa shape index (κ3) is 2.48. The molecule has 1 heterocycles. The van der Waals surface area contributed by atoms with Crippen molar-refractivity contribution in [3.63, 3.8) is 0 Å². The fourth-order valence-electron chi connectivity index (χ4n) is 2.16. The molecule has 1 aromatic heterocycles. The minimum atomic E-state index is 0.0991. The van der Waals surface area contributed by atoms with Crippen molar-refractivity contribution in [2.24, 2.45) is 0 Å². The molecule has 0 aliphatic carbocycles. The second-order valence-electron chi connectivity index (χ2n) is 5.24. The lowest BCUT2D eigenvalue weighted by Crippen LogP contribution is -2.06. The molecule has 4 nitrogen and oxygen atoms in total. The fourth-order valence-corrected chi connectivity index (χ4v) is 2.16. The summed E-state index contributed by atoms with van der Waals surface area (Å²) < 4.78 is 7.80. The highest BCUT2D eigenvalue weighted by molar-refractivity contribution is 5.57. The van der Waals surface area contributed by atoms with Crippen LogP contribution in [0.1, 0.15) is 36.7 Å². The van der Waals surface area contributed by atoms with Crippen molar-refractivity contribution in [1.82, 2.24) is 4.57 Å². The van der Waals surface area contributed by atoms with Crippen LogP contribution in [0.4, 0.5) is 5.69 Å². The van der Waals surface area contributed by atoms with Crippen molar-refractivity contribution < 1.29 is 4.74 Å². The van der Waals surface area contributed by atoms with Crippen LogP contribution in [0, 0.1) is 25.2 Å². The number of anilines is 1. The molecule has 0 saturated carbocycles. The Hall–Kier alpha value is -2.41. The number of rotatable bonds is 3. The van der Waals surface area contributed by atoms with Gasteiger partial charge < -0.3 is 10.5 Å². The van der Waals surface area contributed by atoms with E-state index in [0.717, 1.165) is 16.9 Å². The third-order valence-electron chi connectivity index (χ3n) is 3.20. The highest BCUT2D eigenvalue weighted by atomic mass is 16.5.